The van der Waals surface area contributed by atoms with Gasteiger partial charge in [-0.2, -0.15) is 0 Å². The van der Waals surface area contributed by atoms with Gasteiger partial charge in [0.25, 0.3) is 0 Å². The maximum atomic E-state index is 13.9. The van der Waals surface area contributed by atoms with E-state index in [1.54, 1.807) is 19.6 Å². The normalized spacial score (nSPS) is 40.2. The Bertz CT molecular complexity index is 1080. The molecule has 35 heavy (non-hydrogen) atoms. The second kappa shape index (κ2) is 8.13. The van der Waals surface area contributed by atoms with Gasteiger partial charge in [-0.1, -0.05) is 38.8 Å². The topological polar surface area (TPSA) is 92.0 Å². The first-order valence-corrected chi connectivity index (χ1v) is 12.6. The Hall–Kier alpha value is -2.25. The molecule has 0 N–H and O–H groups in total. The molecule has 1 aromatic heterocycles. The minimum Gasteiger partial charge on any atom is -0.472 e. The van der Waals surface area contributed by atoms with Crippen LogP contribution in [0.2, 0.25) is 0 Å². The van der Waals surface area contributed by atoms with Crippen LogP contribution < -0.4 is 0 Å². The van der Waals surface area contributed by atoms with Crippen LogP contribution >= 0.6 is 0 Å². The van der Waals surface area contributed by atoms with Crippen molar-refractivity contribution in [2.24, 2.45) is 34.0 Å². The number of carbonyl (C=O) groups excluding carboxylic acids is 3. The van der Waals surface area contributed by atoms with Gasteiger partial charge in [0.2, 0.25) is 0 Å². The molecule has 0 radical (unpaired) electrons. The van der Waals surface area contributed by atoms with Crippen LogP contribution in [0.15, 0.2) is 34.2 Å². The lowest BCUT2D eigenvalue weighted by molar-refractivity contribution is -0.209. The van der Waals surface area contributed by atoms with Gasteiger partial charge in [0, 0.05) is 35.3 Å². The molecule has 2 saturated carbocycles. The van der Waals surface area contributed by atoms with E-state index >= 15 is 0 Å². The van der Waals surface area contributed by atoms with Gasteiger partial charge in [0.15, 0.2) is 6.29 Å². The minimum absolute atomic E-state index is 0.00424. The number of esters is 1. The highest BCUT2D eigenvalue weighted by atomic mass is 16.7. The van der Waals surface area contributed by atoms with Crippen molar-refractivity contribution in [2.75, 3.05) is 14.2 Å². The van der Waals surface area contributed by atoms with Gasteiger partial charge >= 0.3 is 5.97 Å². The van der Waals surface area contributed by atoms with Crippen molar-refractivity contribution in [3.63, 3.8) is 0 Å². The number of ketones is 2. The highest BCUT2D eigenvalue weighted by molar-refractivity contribution is 6.11. The standard InChI is InChI=1S/C28H36O7/c1-26(2)20(13-21(29)32-5)28(4)18-7-9-27(3)19(16(18)11-17(23(26)30)24(28)31)12-22(33-6)35-25(27)15-8-10-34-14-15/h8,10,14,17-18,20,22,25H,7,9,11-13H2,1-6H3/t17-,18?,20+,22?,25+,27+,28+/m1/s1. The fraction of sp³-hybridized carbons (Fsp3) is 0.679. The summed E-state index contributed by atoms with van der Waals surface area (Å²) in [6.07, 6.45) is 5.44. The van der Waals surface area contributed by atoms with Crippen LogP contribution in [0.1, 0.15) is 71.5 Å². The van der Waals surface area contributed by atoms with E-state index in [4.69, 9.17) is 18.6 Å². The Morgan fingerprint density at radius 2 is 1.86 bits per heavy atom. The van der Waals surface area contributed by atoms with Crippen molar-refractivity contribution in [3.8, 4) is 0 Å². The van der Waals surface area contributed by atoms with E-state index < -0.39 is 29.0 Å². The van der Waals surface area contributed by atoms with Crippen LogP contribution in [0.3, 0.4) is 0 Å². The SMILES string of the molecule is COC(=O)C[C@H]1C(C)(C)C(=O)[C@H]2CC3=C4CC(OC)O[C@@H](c5ccoc5)[C@@]4(C)CCC3[C@]1(C)C2=O. The van der Waals surface area contributed by atoms with Crippen LogP contribution in [-0.4, -0.2) is 38.0 Å². The van der Waals surface area contributed by atoms with E-state index in [1.807, 2.05) is 26.8 Å². The number of furan rings is 1. The summed E-state index contributed by atoms with van der Waals surface area (Å²) in [4.78, 5) is 40.1. The molecule has 7 atom stereocenters. The number of fused-ring (bicyclic) bond motifs is 5. The lowest BCUT2D eigenvalue weighted by Crippen LogP contribution is -2.64. The summed E-state index contributed by atoms with van der Waals surface area (Å²) in [5.74, 6) is -1.58. The average molecular weight is 485 g/mol. The Morgan fingerprint density at radius 3 is 2.49 bits per heavy atom. The predicted octanol–water partition coefficient (Wildman–Crippen LogP) is 4.81. The monoisotopic (exact) mass is 484 g/mol. The fourth-order valence-electron chi connectivity index (χ4n) is 8.03. The Labute approximate surface area is 206 Å². The highest BCUT2D eigenvalue weighted by Crippen LogP contribution is 2.67. The molecule has 3 aliphatic carbocycles. The summed E-state index contributed by atoms with van der Waals surface area (Å²) in [6.45, 7) is 8.02. The third-order valence-electron chi connectivity index (χ3n) is 9.94. The number of carbonyl (C=O) groups is 3. The van der Waals surface area contributed by atoms with E-state index in [-0.39, 0.29) is 41.4 Å². The molecule has 2 heterocycles. The van der Waals surface area contributed by atoms with Crippen LogP contribution in [0.5, 0.6) is 0 Å². The van der Waals surface area contributed by atoms with Gasteiger partial charge in [-0.3, -0.25) is 14.4 Å². The summed E-state index contributed by atoms with van der Waals surface area (Å²) in [6, 6.07) is 1.93. The first-order valence-electron chi connectivity index (χ1n) is 12.6. The Morgan fingerprint density at radius 1 is 1.11 bits per heavy atom. The molecule has 5 rings (SSSR count). The minimum atomic E-state index is -0.815. The molecule has 3 fully saturated rings. The maximum Gasteiger partial charge on any atom is 0.305 e. The predicted molar refractivity (Wildman–Crippen MR) is 126 cm³/mol. The van der Waals surface area contributed by atoms with Crippen LogP contribution in [0.25, 0.3) is 0 Å². The van der Waals surface area contributed by atoms with Crippen LogP contribution in [-0.2, 0) is 28.6 Å². The molecule has 190 valence electrons. The summed E-state index contributed by atoms with van der Waals surface area (Å²) in [5.41, 5.74) is 1.50. The molecule has 1 saturated heterocycles. The van der Waals surface area contributed by atoms with Gasteiger partial charge < -0.3 is 18.6 Å². The summed E-state index contributed by atoms with van der Waals surface area (Å²) in [7, 11) is 3.00. The average Bonchev–Trinajstić information content (AvgIpc) is 3.36. The molecule has 0 aromatic carbocycles. The third kappa shape index (κ3) is 3.27. The van der Waals surface area contributed by atoms with Crippen molar-refractivity contribution >= 4 is 17.5 Å². The number of methoxy groups -OCH3 is 2. The summed E-state index contributed by atoms with van der Waals surface area (Å²) in [5, 5.41) is 0. The van der Waals surface area contributed by atoms with E-state index in [9.17, 15) is 14.4 Å². The molecule has 2 bridgehead atoms. The zero-order valence-corrected chi connectivity index (χ0v) is 21.5. The first kappa shape index (κ1) is 24.4. The Balaban J connectivity index is 1.67. The number of allylic oxidation sites excluding steroid dienone is 1. The zero-order chi connectivity index (χ0) is 25.3. The van der Waals surface area contributed by atoms with Crippen molar-refractivity contribution in [1.29, 1.82) is 0 Å². The largest absolute Gasteiger partial charge is 0.472 e. The first-order chi connectivity index (χ1) is 16.5. The van der Waals surface area contributed by atoms with E-state index in [0.717, 1.165) is 18.4 Å². The number of Topliss-reactive ketones (excluding diaryl/α,β-unsaturated/α-hetero) is 2. The molecule has 7 nitrogen and oxygen atoms in total. The van der Waals surface area contributed by atoms with Crippen molar-refractivity contribution in [2.45, 2.75) is 72.2 Å². The van der Waals surface area contributed by atoms with Gasteiger partial charge in [-0.15, -0.1) is 0 Å². The molecular weight excluding hydrogens is 448 g/mol. The van der Waals surface area contributed by atoms with Gasteiger partial charge in [0.1, 0.15) is 11.6 Å². The molecule has 1 aromatic rings. The molecule has 7 heteroatoms. The Kier molecular flexibility index (Phi) is 5.68. The fourth-order valence-corrected chi connectivity index (χ4v) is 8.03. The molecule has 0 amide bonds. The van der Waals surface area contributed by atoms with Crippen molar-refractivity contribution < 1.29 is 33.0 Å². The van der Waals surface area contributed by atoms with Gasteiger partial charge in [-0.25, -0.2) is 0 Å². The zero-order valence-electron chi connectivity index (χ0n) is 21.5. The second-order valence-corrected chi connectivity index (χ2v) is 11.8. The summed E-state index contributed by atoms with van der Waals surface area (Å²) >= 11 is 0. The lowest BCUT2D eigenvalue weighted by atomic mass is 9.41. The number of rotatable bonds is 4. The lowest BCUT2D eigenvalue weighted by Gasteiger charge is -2.61. The van der Waals surface area contributed by atoms with E-state index in [1.165, 1.54) is 18.3 Å². The molecule has 4 aliphatic rings. The third-order valence-corrected chi connectivity index (χ3v) is 9.94. The second-order valence-electron chi connectivity index (χ2n) is 11.8. The van der Waals surface area contributed by atoms with E-state index in [2.05, 4.69) is 6.92 Å². The van der Waals surface area contributed by atoms with Gasteiger partial charge in [0.05, 0.1) is 38.1 Å². The maximum absolute atomic E-state index is 13.9. The van der Waals surface area contributed by atoms with Crippen molar-refractivity contribution in [3.05, 3.63) is 35.3 Å². The smallest absolute Gasteiger partial charge is 0.305 e. The molecule has 0 spiro atoms. The molecule has 2 unspecified atom stereocenters. The number of hydrogen-bond donors (Lipinski definition) is 0. The highest BCUT2D eigenvalue weighted by Gasteiger charge is 2.67. The molecule has 1 aliphatic heterocycles. The summed E-state index contributed by atoms with van der Waals surface area (Å²) < 4.78 is 22.5. The molecular formula is C28H36O7. The van der Waals surface area contributed by atoms with Crippen LogP contribution in [0.4, 0.5) is 0 Å². The van der Waals surface area contributed by atoms with Crippen molar-refractivity contribution in [1.82, 2.24) is 0 Å². The van der Waals surface area contributed by atoms with Crippen LogP contribution in [0, 0.1) is 34.0 Å². The number of hydrogen-bond acceptors (Lipinski definition) is 7. The quantitative estimate of drug-likeness (QED) is 0.344. The van der Waals surface area contributed by atoms with E-state index in [0.29, 0.717) is 12.8 Å². The van der Waals surface area contributed by atoms with Gasteiger partial charge in [-0.05, 0) is 37.2 Å². The number of ether oxygens (including phenoxy) is 3.